The van der Waals surface area contributed by atoms with Crippen LogP contribution in [0.2, 0.25) is 0 Å². The molecule has 0 aliphatic carbocycles. The second-order valence-electron chi connectivity index (χ2n) is 2.57. The molecule has 0 aromatic heterocycles. The van der Waals surface area contributed by atoms with Crippen molar-refractivity contribution in [2.24, 2.45) is 0 Å². The molecule has 0 aliphatic heterocycles. The van der Waals surface area contributed by atoms with Crippen molar-refractivity contribution in [1.29, 1.82) is 0 Å². The highest BCUT2D eigenvalue weighted by atomic mass is 32.2. The van der Waals surface area contributed by atoms with Gasteiger partial charge in [0.1, 0.15) is 0 Å². The summed E-state index contributed by atoms with van der Waals surface area (Å²) in [5, 5.41) is 0.926. The fourth-order valence-electron chi connectivity index (χ4n) is 0.596. The van der Waals surface area contributed by atoms with Crippen LogP contribution in [0.4, 0.5) is 0 Å². The van der Waals surface area contributed by atoms with Crippen LogP contribution in [0.5, 0.6) is 0 Å². The van der Waals surface area contributed by atoms with E-state index in [1.807, 2.05) is 0 Å². The molecular formula is C6H16OS. The van der Waals surface area contributed by atoms with Crippen molar-refractivity contribution < 1.29 is 4.55 Å². The lowest BCUT2D eigenvalue weighted by molar-refractivity contribution is 0.626. The van der Waals surface area contributed by atoms with Crippen LogP contribution < -0.4 is 0 Å². The monoisotopic (exact) mass is 136 g/mol. The molecule has 0 unspecified atom stereocenters. The number of rotatable bonds is 2. The van der Waals surface area contributed by atoms with Crippen LogP contribution >= 0.6 is 11.2 Å². The summed E-state index contributed by atoms with van der Waals surface area (Å²) in [7, 11) is 0. The molecule has 0 aliphatic rings. The van der Waals surface area contributed by atoms with Crippen LogP contribution in [0.1, 0.15) is 27.7 Å². The van der Waals surface area contributed by atoms with E-state index in [1.54, 1.807) is 0 Å². The SMILES string of the molecule is CC(C)[SH](O)C(C)C. The minimum absolute atomic E-state index is 0.463. The van der Waals surface area contributed by atoms with Gasteiger partial charge in [-0.2, -0.15) is 0 Å². The van der Waals surface area contributed by atoms with Gasteiger partial charge in [0.25, 0.3) is 0 Å². The van der Waals surface area contributed by atoms with E-state index in [4.69, 9.17) is 0 Å². The van der Waals surface area contributed by atoms with Crippen molar-refractivity contribution in [2.45, 2.75) is 38.2 Å². The molecule has 8 heavy (non-hydrogen) atoms. The van der Waals surface area contributed by atoms with Crippen molar-refractivity contribution in [1.82, 2.24) is 0 Å². The first-order valence-corrected chi connectivity index (χ1v) is 4.46. The van der Waals surface area contributed by atoms with Gasteiger partial charge in [-0.15, -0.1) is 11.2 Å². The molecule has 0 bridgehead atoms. The molecule has 0 aromatic rings. The zero-order valence-corrected chi connectivity index (χ0v) is 6.94. The summed E-state index contributed by atoms with van der Waals surface area (Å²) in [6.45, 7) is 8.24. The quantitative estimate of drug-likeness (QED) is 0.558. The van der Waals surface area contributed by atoms with Gasteiger partial charge < -0.3 is 4.55 Å². The molecule has 0 aromatic carbocycles. The average Bonchev–Trinajstić information content (AvgIpc) is 1.64. The van der Waals surface area contributed by atoms with Crippen molar-refractivity contribution in [3.8, 4) is 0 Å². The van der Waals surface area contributed by atoms with Crippen LogP contribution in [0.15, 0.2) is 0 Å². The third-order valence-corrected chi connectivity index (χ3v) is 3.17. The first kappa shape index (κ1) is 8.31. The molecule has 1 nitrogen and oxygen atoms in total. The van der Waals surface area contributed by atoms with E-state index in [0.717, 1.165) is 0 Å². The maximum absolute atomic E-state index is 9.27. The zero-order valence-electron chi connectivity index (χ0n) is 6.05. The zero-order chi connectivity index (χ0) is 6.73. The topological polar surface area (TPSA) is 20.2 Å². The van der Waals surface area contributed by atoms with Crippen LogP contribution in [0.3, 0.4) is 0 Å². The lowest BCUT2D eigenvalue weighted by atomic mass is 10.5. The number of hydrogen-bond donors (Lipinski definition) is 2. The molecular weight excluding hydrogens is 120 g/mol. The van der Waals surface area contributed by atoms with E-state index in [2.05, 4.69) is 27.7 Å². The average molecular weight is 136 g/mol. The second-order valence-corrected chi connectivity index (χ2v) is 5.39. The van der Waals surface area contributed by atoms with Gasteiger partial charge in [-0.25, -0.2) is 0 Å². The Bertz CT molecular complexity index is 53.5. The van der Waals surface area contributed by atoms with Crippen LogP contribution in [-0.2, 0) is 0 Å². The lowest BCUT2D eigenvalue weighted by Crippen LogP contribution is -2.05. The van der Waals surface area contributed by atoms with Crippen LogP contribution in [-0.4, -0.2) is 15.1 Å². The van der Waals surface area contributed by atoms with Gasteiger partial charge in [-0.3, -0.25) is 0 Å². The summed E-state index contributed by atoms with van der Waals surface area (Å²) in [6, 6.07) is 0. The third-order valence-electron chi connectivity index (χ3n) is 1.06. The smallest absolute Gasteiger partial charge is 0.00216 e. The normalized spacial score (nSPS) is 13.1. The Kier molecular flexibility index (Phi) is 3.49. The Balaban J connectivity index is 3.46. The highest BCUT2D eigenvalue weighted by molar-refractivity contribution is 8.13. The fourth-order valence-corrected chi connectivity index (χ4v) is 1.79. The van der Waals surface area contributed by atoms with Gasteiger partial charge >= 0.3 is 0 Å². The molecule has 0 saturated carbocycles. The summed E-state index contributed by atoms with van der Waals surface area (Å²) in [5.41, 5.74) is 0. The summed E-state index contributed by atoms with van der Waals surface area (Å²) in [6.07, 6.45) is 0. The van der Waals surface area contributed by atoms with E-state index < -0.39 is 11.2 Å². The van der Waals surface area contributed by atoms with Crippen LogP contribution in [0.25, 0.3) is 0 Å². The lowest BCUT2D eigenvalue weighted by Gasteiger charge is -2.22. The molecule has 0 spiro atoms. The fraction of sp³-hybridized carbons (Fsp3) is 1.00. The van der Waals surface area contributed by atoms with E-state index in [1.165, 1.54) is 0 Å². The van der Waals surface area contributed by atoms with Gasteiger partial charge in [0.2, 0.25) is 0 Å². The van der Waals surface area contributed by atoms with E-state index in [9.17, 15) is 4.55 Å². The maximum atomic E-state index is 9.27. The number of hydrogen-bond acceptors (Lipinski definition) is 1. The molecule has 2 heteroatoms. The van der Waals surface area contributed by atoms with E-state index >= 15 is 0 Å². The summed E-state index contributed by atoms with van der Waals surface area (Å²) >= 11 is -0.699. The highest BCUT2D eigenvalue weighted by Gasteiger charge is 2.07. The van der Waals surface area contributed by atoms with E-state index in [0.29, 0.717) is 10.5 Å². The predicted octanol–water partition coefficient (Wildman–Crippen LogP) is 2.28. The van der Waals surface area contributed by atoms with Crippen molar-refractivity contribution >= 4 is 11.2 Å². The van der Waals surface area contributed by atoms with Crippen molar-refractivity contribution in [2.75, 3.05) is 0 Å². The summed E-state index contributed by atoms with van der Waals surface area (Å²) < 4.78 is 9.27. The largest absolute Gasteiger partial charge is 0.354 e. The highest BCUT2D eigenvalue weighted by Crippen LogP contribution is 2.30. The Morgan fingerprint density at radius 1 is 1.00 bits per heavy atom. The molecule has 0 amide bonds. The first-order chi connectivity index (χ1) is 3.55. The second kappa shape index (κ2) is 3.36. The Hall–Kier alpha value is 0.310. The molecule has 0 fully saturated rings. The van der Waals surface area contributed by atoms with Gasteiger partial charge in [0.05, 0.1) is 0 Å². The number of thiol groups is 1. The summed E-state index contributed by atoms with van der Waals surface area (Å²) in [5.74, 6) is 0. The van der Waals surface area contributed by atoms with Gasteiger partial charge in [-0.05, 0) is 0 Å². The minimum atomic E-state index is -0.699. The van der Waals surface area contributed by atoms with Gasteiger partial charge in [0, 0.05) is 10.5 Å². The predicted molar refractivity (Wildman–Crippen MR) is 41.9 cm³/mol. The summed E-state index contributed by atoms with van der Waals surface area (Å²) in [4.78, 5) is 0. The Labute approximate surface area is 54.7 Å². The molecule has 0 heterocycles. The Morgan fingerprint density at radius 3 is 1.25 bits per heavy atom. The molecule has 0 atom stereocenters. The molecule has 52 valence electrons. The van der Waals surface area contributed by atoms with Gasteiger partial charge in [-0.1, -0.05) is 27.7 Å². The molecule has 0 saturated heterocycles. The van der Waals surface area contributed by atoms with E-state index in [-0.39, 0.29) is 0 Å². The van der Waals surface area contributed by atoms with Crippen LogP contribution in [0, 0.1) is 0 Å². The minimum Gasteiger partial charge on any atom is -0.354 e. The molecule has 0 radical (unpaired) electrons. The maximum Gasteiger partial charge on any atom is 0.00216 e. The Morgan fingerprint density at radius 2 is 1.25 bits per heavy atom. The van der Waals surface area contributed by atoms with Crippen molar-refractivity contribution in [3.63, 3.8) is 0 Å². The molecule has 0 rings (SSSR count). The third kappa shape index (κ3) is 2.58. The van der Waals surface area contributed by atoms with Gasteiger partial charge in [0.15, 0.2) is 0 Å². The van der Waals surface area contributed by atoms with Crippen molar-refractivity contribution in [3.05, 3.63) is 0 Å². The first-order valence-electron chi connectivity index (χ1n) is 3.03. The standard InChI is InChI=1S/C6H16OS/c1-5(2)8(7)6(3)4/h5-8H,1-4H3. The molecule has 1 N–H and O–H groups in total.